The maximum absolute atomic E-state index is 11.1. The highest BCUT2D eigenvalue weighted by Gasteiger charge is 2.27. The summed E-state index contributed by atoms with van der Waals surface area (Å²) in [5.41, 5.74) is 6.89. The molecule has 1 fully saturated rings. The molecule has 0 bridgehead atoms. The Bertz CT molecular complexity index is 604. The molecule has 0 saturated carbocycles. The summed E-state index contributed by atoms with van der Waals surface area (Å²) >= 11 is 1.61. The van der Waals surface area contributed by atoms with Gasteiger partial charge < -0.3 is 16.0 Å². The van der Waals surface area contributed by atoms with Crippen LogP contribution in [0.25, 0.3) is 4.96 Å². The molecule has 3 heterocycles. The van der Waals surface area contributed by atoms with Gasteiger partial charge >= 0.3 is 0 Å². The van der Waals surface area contributed by atoms with Crippen LogP contribution in [0.15, 0.2) is 11.6 Å². The van der Waals surface area contributed by atoms with Gasteiger partial charge in [0.1, 0.15) is 0 Å². The molecule has 19 heavy (non-hydrogen) atoms. The molecule has 1 amide bonds. The average molecular weight is 279 g/mol. The summed E-state index contributed by atoms with van der Waals surface area (Å²) < 4.78 is 2.05. The molecule has 2 aromatic rings. The van der Waals surface area contributed by atoms with E-state index in [1.165, 1.54) is 0 Å². The van der Waals surface area contributed by atoms with E-state index in [0.717, 1.165) is 36.0 Å². The van der Waals surface area contributed by atoms with Crippen molar-refractivity contribution in [2.24, 2.45) is 5.73 Å². The number of anilines is 1. The van der Waals surface area contributed by atoms with Crippen molar-refractivity contribution in [2.45, 2.75) is 25.9 Å². The third-order valence-corrected chi connectivity index (χ3v) is 4.19. The Hall–Kier alpha value is -1.60. The molecule has 1 aliphatic rings. The summed E-state index contributed by atoms with van der Waals surface area (Å²) in [6.07, 6.45) is 2.95. The normalized spacial score (nSPS) is 19.3. The fourth-order valence-corrected chi connectivity index (χ4v) is 3.35. The standard InChI is InChI=1S/C12H17N5OS/c1-8(18)14-9-2-3-16(7-9)11-10(6-13)17-4-5-19-12(17)15-11/h4-5,9H,2-3,6-7,13H2,1H3,(H,14,18). The highest BCUT2D eigenvalue weighted by Crippen LogP contribution is 2.27. The molecule has 7 heteroatoms. The molecule has 0 aromatic carbocycles. The first-order valence-corrected chi connectivity index (χ1v) is 7.23. The first-order chi connectivity index (χ1) is 9.19. The van der Waals surface area contributed by atoms with Crippen LogP contribution in [0.5, 0.6) is 0 Å². The molecule has 1 unspecified atom stereocenters. The Morgan fingerprint density at radius 2 is 2.53 bits per heavy atom. The number of nitrogens with two attached hydrogens (primary N) is 1. The van der Waals surface area contributed by atoms with Crippen LogP contribution in [0.2, 0.25) is 0 Å². The van der Waals surface area contributed by atoms with Crippen molar-refractivity contribution in [1.29, 1.82) is 0 Å². The summed E-state index contributed by atoms with van der Waals surface area (Å²) in [5, 5.41) is 4.97. The Kier molecular flexibility index (Phi) is 3.16. The lowest BCUT2D eigenvalue weighted by Crippen LogP contribution is -2.35. The molecule has 6 nitrogen and oxygen atoms in total. The predicted molar refractivity (Wildman–Crippen MR) is 75.4 cm³/mol. The Balaban J connectivity index is 1.84. The minimum atomic E-state index is 0.0247. The summed E-state index contributed by atoms with van der Waals surface area (Å²) in [7, 11) is 0. The van der Waals surface area contributed by atoms with Crippen molar-refractivity contribution in [2.75, 3.05) is 18.0 Å². The highest BCUT2D eigenvalue weighted by molar-refractivity contribution is 7.15. The Labute approximate surface area is 115 Å². The lowest BCUT2D eigenvalue weighted by atomic mass is 10.2. The van der Waals surface area contributed by atoms with Crippen molar-refractivity contribution in [3.8, 4) is 0 Å². The van der Waals surface area contributed by atoms with Crippen LogP contribution in [0.4, 0.5) is 5.82 Å². The molecule has 3 rings (SSSR count). The van der Waals surface area contributed by atoms with Gasteiger partial charge in [0.2, 0.25) is 5.91 Å². The van der Waals surface area contributed by atoms with E-state index in [1.54, 1.807) is 18.3 Å². The Morgan fingerprint density at radius 3 is 3.26 bits per heavy atom. The topological polar surface area (TPSA) is 75.7 Å². The Morgan fingerprint density at radius 1 is 1.68 bits per heavy atom. The monoisotopic (exact) mass is 279 g/mol. The third-order valence-electron chi connectivity index (χ3n) is 3.43. The van der Waals surface area contributed by atoms with Gasteiger partial charge in [-0.05, 0) is 6.42 Å². The van der Waals surface area contributed by atoms with Crippen LogP contribution in [0.1, 0.15) is 19.0 Å². The van der Waals surface area contributed by atoms with Gasteiger partial charge in [-0.1, -0.05) is 0 Å². The van der Waals surface area contributed by atoms with Gasteiger partial charge in [0.25, 0.3) is 0 Å². The number of fused-ring (bicyclic) bond motifs is 1. The van der Waals surface area contributed by atoms with E-state index in [-0.39, 0.29) is 11.9 Å². The number of aromatic nitrogens is 2. The summed E-state index contributed by atoms with van der Waals surface area (Å²) in [6, 6.07) is 0.211. The average Bonchev–Trinajstić information content (AvgIpc) is 3.00. The molecule has 0 radical (unpaired) electrons. The van der Waals surface area contributed by atoms with E-state index in [4.69, 9.17) is 5.73 Å². The quantitative estimate of drug-likeness (QED) is 0.861. The minimum Gasteiger partial charge on any atom is -0.353 e. The van der Waals surface area contributed by atoms with E-state index < -0.39 is 0 Å². The van der Waals surface area contributed by atoms with Gasteiger partial charge in [0.05, 0.1) is 5.69 Å². The van der Waals surface area contributed by atoms with Gasteiger partial charge in [-0.25, -0.2) is 4.98 Å². The second-order valence-corrected chi connectivity index (χ2v) is 5.65. The number of hydrogen-bond donors (Lipinski definition) is 2. The number of rotatable bonds is 3. The van der Waals surface area contributed by atoms with Gasteiger partial charge in [-0.15, -0.1) is 11.3 Å². The van der Waals surface area contributed by atoms with Crippen molar-refractivity contribution < 1.29 is 4.79 Å². The van der Waals surface area contributed by atoms with Crippen molar-refractivity contribution >= 4 is 28.0 Å². The molecule has 1 atom stereocenters. The molecule has 102 valence electrons. The minimum absolute atomic E-state index is 0.0247. The molecular formula is C12H17N5OS. The summed E-state index contributed by atoms with van der Waals surface area (Å²) in [6.45, 7) is 3.73. The maximum atomic E-state index is 11.1. The van der Waals surface area contributed by atoms with E-state index in [9.17, 15) is 4.79 Å². The zero-order chi connectivity index (χ0) is 13.4. The first-order valence-electron chi connectivity index (χ1n) is 6.35. The van der Waals surface area contributed by atoms with Crippen LogP contribution >= 0.6 is 11.3 Å². The predicted octanol–water partition coefficient (Wildman–Crippen LogP) is 0.569. The number of amides is 1. The summed E-state index contributed by atoms with van der Waals surface area (Å²) in [5.74, 6) is 0.985. The summed E-state index contributed by atoms with van der Waals surface area (Å²) in [4.78, 5) is 18.9. The molecule has 2 aromatic heterocycles. The number of hydrogen-bond acceptors (Lipinski definition) is 5. The zero-order valence-corrected chi connectivity index (χ0v) is 11.6. The van der Waals surface area contributed by atoms with Crippen LogP contribution in [-0.4, -0.2) is 34.4 Å². The van der Waals surface area contributed by atoms with E-state index in [0.29, 0.717) is 6.54 Å². The van der Waals surface area contributed by atoms with E-state index in [1.807, 2.05) is 16.0 Å². The lowest BCUT2D eigenvalue weighted by Gasteiger charge is -2.17. The largest absolute Gasteiger partial charge is 0.353 e. The highest BCUT2D eigenvalue weighted by atomic mass is 32.1. The van der Waals surface area contributed by atoms with Crippen LogP contribution in [0, 0.1) is 0 Å². The van der Waals surface area contributed by atoms with Gasteiger partial charge in [-0.2, -0.15) is 0 Å². The molecule has 1 aliphatic heterocycles. The molecule has 0 aliphatic carbocycles. The maximum Gasteiger partial charge on any atom is 0.217 e. The number of thiazole rings is 1. The zero-order valence-electron chi connectivity index (χ0n) is 10.8. The lowest BCUT2D eigenvalue weighted by molar-refractivity contribution is -0.119. The second kappa shape index (κ2) is 4.82. The number of imidazole rings is 1. The third kappa shape index (κ3) is 2.19. The molecular weight excluding hydrogens is 262 g/mol. The SMILES string of the molecule is CC(=O)NC1CCN(c2nc3sccn3c2CN)C1. The van der Waals surface area contributed by atoms with Crippen LogP contribution < -0.4 is 16.0 Å². The van der Waals surface area contributed by atoms with E-state index >= 15 is 0 Å². The molecule has 3 N–H and O–H groups in total. The fourth-order valence-electron chi connectivity index (χ4n) is 2.62. The van der Waals surface area contributed by atoms with Crippen molar-refractivity contribution in [1.82, 2.24) is 14.7 Å². The van der Waals surface area contributed by atoms with Crippen molar-refractivity contribution in [3.63, 3.8) is 0 Å². The molecule has 0 spiro atoms. The first kappa shape index (κ1) is 12.4. The van der Waals surface area contributed by atoms with Crippen LogP contribution in [0.3, 0.4) is 0 Å². The molecule has 1 saturated heterocycles. The number of carbonyl (C=O) groups is 1. The fraction of sp³-hybridized carbons (Fsp3) is 0.500. The van der Waals surface area contributed by atoms with Crippen molar-refractivity contribution in [3.05, 3.63) is 17.3 Å². The smallest absolute Gasteiger partial charge is 0.217 e. The van der Waals surface area contributed by atoms with Gasteiger partial charge in [0.15, 0.2) is 10.8 Å². The van der Waals surface area contributed by atoms with E-state index in [2.05, 4.69) is 15.2 Å². The second-order valence-electron chi connectivity index (χ2n) is 4.77. The van der Waals surface area contributed by atoms with Crippen LogP contribution in [-0.2, 0) is 11.3 Å². The number of nitrogens with zero attached hydrogens (tertiary/aromatic N) is 3. The van der Waals surface area contributed by atoms with Gasteiger partial charge in [-0.3, -0.25) is 9.20 Å². The number of carbonyl (C=O) groups excluding carboxylic acids is 1. The van der Waals surface area contributed by atoms with Gasteiger partial charge in [0, 0.05) is 44.2 Å². The number of nitrogens with one attached hydrogen (secondary N) is 1.